The molecule has 1 aromatic rings. The number of carbonyl (C=O) groups excluding carboxylic acids is 3. The minimum atomic E-state index is -0.492. The summed E-state index contributed by atoms with van der Waals surface area (Å²) in [6.45, 7) is 5.97. The highest BCUT2D eigenvalue weighted by molar-refractivity contribution is 5.94. The Bertz CT molecular complexity index is 765. The highest BCUT2D eigenvalue weighted by Gasteiger charge is 2.58. The van der Waals surface area contributed by atoms with Gasteiger partial charge in [-0.25, -0.2) is 0 Å². The second-order valence-electron chi connectivity index (χ2n) is 8.36. The molecule has 138 valence electrons. The smallest absolute Gasteiger partial charge is 0.270 e. The lowest BCUT2D eigenvalue weighted by molar-refractivity contribution is -0.141. The number of pyridine rings is 1. The van der Waals surface area contributed by atoms with Crippen molar-refractivity contribution in [2.75, 3.05) is 19.6 Å². The summed E-state index contributed by atoms with van der Waals surface area (Å²) in [5, 5.41) is 2.99. The van der Waals surface area contributed by atoms with E-state index in [1.54, 1.807) is 6.20 Å². The molecule has 0 spiro atoms. The highest BCUT2D eigenvalue weighted by atomic mass is 16.2. The maximum Gasteiger partial charge on any atom is 0.270 e. The van der Waals surface area contributed by atoms with Crippen molar-refractivity contribution in [1.82, 2.24) is 15.2 Å². The molecule has 0 bridgehead atoms. The third-order valence-corrected chi connectivity index (χ3v) is 6.44. The molecule has 3 aliphatic rings. The number of fused-ring (bicyclic) bond motifs is 1. The summed E-state index contributed by atoms with van der Waals surface area (Å²) in [6.07, 6.45) is 3.23. The zero-order chi connectivity index (χ0) is 18.5. The van der Waals surface area contributed by atoms with Crippen LogP contribution >= 0.6 is 0 Å². The van der Waals surface area contributed by atoms with Gasteiger partial charge in [0.15, 0.2) is 0 Å². The van der Waals surface area contributed by atoms with Gasteiger partial charge in [0.2, 0.25) is 5.91 Å². The Morgan fingerprint density at radius 1 is 1.35 bits per heavy atom. The van der Waals surface area contributed by atoms with Gasteiger partial charge < -0.3 is 10.2 Å². The number of ketones is 1. The predicted molar refractivity (Wildman–Crippen MR) is 95.3 cm³/mol. The van der Waals surface area contributed by atoms with Crippen LogP contribution in [0.2, 0.25) is 0 Å². The molecule has 0 aromatic carbocycles. The maximum absolute atomic E-state index is 12.8. The van der Waals surface area contributed by atoms with Crippen LogP contribution in [-0.2, 0) is 9.59 Å². The van der Waals surface area contributed by atoms with Crippen molar-refractivity contribution in [2.24, 2.45) is 23.2 Å². The van der Waals surface area contributed by atoms with Crippen LogP contribution in [0.15, 0.2) is 18.3 Å². The number of carbonyl (C=O) groups is 3. The van der Waals surface area contributed by atoms with Gasteiger partial charge in [-0.15, -0.1) is 0 Å². The summed E-state index contributed by atoms with van der Waals surface area (Å²) in [5.74, 6) is 1.62. The minimum absolute atomic E-state index is 0.127. The van der Waals surface area contributed by atoms with E-state index in [0.29, 0.717) is 49.3 Å². The number of nitrogens with one attached hydrogen (secondary N) is 1. The molecule has 2 aliphatic carbocycles. The largest absolute Gasteiger partial charge is 0.350 e. The number of amides is 2. The molecule has 0 radical (unpaired) electrons. The Labute approximate surface area is 153 Å². The number of aryl methyl sites for hydroxylation is 1. The third kappa shape index (κ3) is 2.91. The van der Waals surface area contributed by atoms with Crippen LogP contribution in [0.1, 0.15) is 42.2 Å². The molecular formula is C20H25N3O3. The first-order chi connectivity index (χ1) is 12.4. The molecule has 1 N–H and O–H groups in total. The van der Waals surface area contributed by atoms with Crippen LogP contribution in [0.5, 0.6) is 0 Å². The quantitative estimate of drug-likeness (QED) is 0.889. The van der Waals surface area contributed by atoms with Gasteiger partial charge in [0.05, 0.1) is 5.41 Å². The monoisotopic (exact) mass is 355 g/mol. The van der Waals surface area contributed by atoms with E-state index in [1.807, 2.05) is 30.9 Å². The first kappa shape index (κ1) is 17.2. The van der Waals surface area contributed by atoms with Crippen LogP contribution in [0.3, 0.4) is 0 Å². The Kier molecular flexibility index (Phi) is 4.09. The fourth-order valence-corrected chi connectivity index (χ4v) is 4.73. The van der Waals surface area contributed by atoms with E-state index in [-0.39, 0.29) is 17.6 Å². The van der Waals surface area contributed by atoms with E-state index in [4.69, 9.17) is 0 Å². The van der Waals surface area contributed by atoms with Crippen molar-refractivity contribution in [1.29, 1.82) is 0 Å². The maximum atomic E-state index is 12.8. The summed E-state index contributed by atoms with van der Waals surface area (Å²) >= 11 is 0. The lowest BCUT2D eigenvalue weighted by atomic mass is 9.87. The van der Waals surface area contributed by atoms with Crippen molar-refractivity contribution in [3.05, 3.63) is 29.6 Å². The van der Waals surface area contributed by atoms with Gasteiger partial charge in [-0.3, -0.25) is 19.4 Å². The average Bonchev–Trinajstić information content (AvgIpc) is 2.94. The zero-order valence-corrected chi connectivity index (χ0v) is 15.3. The number of nitrogens with zero attached hydrogens (tertiary/aromatic N) is 2. The van der Waals surface area contributed by atoms with Crippen LogP contribution in [0.25, 0.3) is 0 Å². The molecule has 2 amide bonds. The fraction of sp³-hybridized carbons (Fsp3) is 0.600. The highest BCUT2D eigenvalue weighted by Crippen LogP contribution is 2.52. The van der Waals surface area contributed by atoms with Gasteiger partial charge >= 0.3 is 0 Å². The molecule has 1 saturated heterocycles. The average molecular weight is 355 g/mol. The molecule has 6 nitrogen and oxygen atoms in total. The Morgan fingerprint density at radius 3 is 2.69 bits per heavy atom. The molecular weight excluding hydrogens is 330 g/mol. The molecule has 2 heterocycles. The molecule has 2 saturated carbocycles. The summed E-state index contributed by atoms with van der Waals surface area (Å²) in [4.78, 5) is 42.7. The van der Waals surface area contributed by atoms with Gasteiger partial charge in [-0.1, -0.05) is 13.0 Å². The molecule has 3 atom stereocenters. The number of likely N-dealkylation sites (tertiary alicyclic amines) is 1. The van der Waals surface area contributed by atoms with Gasteiger partial charge in [0, 0.05) is 38.7 Å². The first-order valence-corrected chi connectivity index (χ1v) is 9.40. The van der Waals surface area contributed by atoms with Crippen LogP contribution in [-0.4, -0.2) is 47.1 Å². The van der Waals surface area contributed by atoms with Crippen molar-refractivity contribution in [3.8, 4) is 0 Å². The Balaban J connectivity index is 1.27. The SMILES string of the molecule is Cc1cccnc1C(=O)NCC1C2CN(C(=O)C3(C)CCC(=O)C3)CC12. The summed E-state index contributed by atoms with van der Waals surface area (Å²) in [5.41, 5.74) is 0.861. The molecule has 6 heteroatoms. The number of piperidine rings is 1. The Hall–Kier alpha value is -2.24. The number of hydrogen-bond acceptors (Lipinski definition) is 4. The fourth-order valence-electron chi connectivity index (χ4n) is 4.73. The van der Waals surface area contributed by atoms with E-state index in [2.05, 4.69) is 10.3 Å². The molecule has 1 aromatic heterocycles. The minimum Gasteiger partial charge on any atom is -0.350 e. The summed E-state index contributed by atoms with van der Waals surface area (Å²) < 4.78 is 0. The molecule has 3 fully saturated rings. The lowest BCUT2D eigenvalue weighted by Gasteiger charge is -2.29. The van der Waals surface area contributed by atoms with E-state index in [0.717, 1.165) is 18.7 Å². The molecule has 1 aliphatic heterocycles. The zero-order valence-electron chi connectivity index (χ0n) is 15.3. The van der Waals surface area contributed by atoms with Crippen molar-refractivity contribution < 1.29 is 14.4 Å². The van der Waals surface area contributed by atoms with E-state index < -0.39 is 5.41 Å². The second-order valence-corrected chi connectivity index (χ2v) is 8.36. The topological polar surface area (TPSA) is 79.4 Å². The molecule has 26 heavy (non-hydrogen) atoms. The van der Waals surface area contributed by atoms with E-state index >= 15 is 0 Å². The lowest BCUT2D eigenvalue weighted by Crippen LogP contribution is -2.42. The van der Waals surface area contributed by atoms with E-state index in [1.165, 1.54) is 0 Å². The standard InChI is InChI=1S/C20H25N3O3/c1-12-4-3-7-21-17(12)18(25)22-9-14-15-10-23(11-16(14)15)19(26)20(2)6-5-13(24)8-20/h3-4,7,14-16H,5-6,8-11H2,1-2H3,(H,22,25). The normalized spacial score (nSPS) is 32.5. The van der Waals surface area contributed by atoms with E-state index in [9.17, 15) is 14.4 Å². The van der Waals surface area contributed by atoms with Crippen molar-refractivity contribution in [2.45, 2.75) is 33.1 Å². The van der Waals surface area contributed by atoms with Crippen molar-refractivity contribution >= 4 is 17.6 Å². The van der Waals surface area contributed by atoms with Crippen LogP contribution < -0.4 is 5.32 Å². The summed E-state index contributed by atoms with van der Waals surface area (Å²) in [7, 11) is 0. The van der Waals surface area contributed by atoms with Gasteiger partial charge in [-0.05, 0) is 42.7 Å². The second kappa shape index (κ2) is 6.18. The van der Waals surface area contributed by atoms with Gasteiger partial charge in [0.1, 0.15) is 11.5 Å². The predicted octanol–water partition coefficient (Wildman–Crippen LogP) is 1.58. The number of Topliss-reactive ketones (excluding diaryl/α,β-unsaturated/α-hetero) is 1. The van der Waals surface area contributed by atoms with Crippen LogP contribution in [0.4, 0.5) is 0 Å². The number of rotatable bonds is 4. The summed E-state index contributed by atoms with van der Waals surface area (Å²) in [6, 6.07) is 3.70. The first-order valence-electron chi connectivity index (χ1n) is 9.40. The van der Waals surface area contributed by atoms with Gasteiger partial charge in [-0.2, -0.15) is 0 Å². The molecule has 4 rings (SSSR count). The number of hydrogen-bond donors (Lipinski definition) is 1. The van der Waals surface area contributed by atoms with Crippen molar-refractivity contribution in [3.63, 3.8) is 0 Å². The Morgan fingerprint density at radius 2 is 2.08 bits per heavy atom. The third-order valence-electron chi connectivity index (χ3n) is 6.44. The van der Waals surface area contributed by atoms with Gasteiger partial charge in [0.25, 0.3) is 5.91 Å². The number of aromatic nitrogens is 1. The van der Waals surface area contributed by atoms with Crippen LogP contribution in [0, 0.1) is 30.1 Å². The molecule has 3 unspecified atom stereocenters.